The zero-order valence-corrected chi connectivity index (χ0v) is 20.6. The number of benzene rings is 1. The van der Waals surface area contributed by atoms with E-state index in [1.807, 2.05) is 46.1 Å². The maximum absolute atomic E-state index is 12.8. The second kappa shape index (κ2) is 8.94. The number of hydrogen-bond acceptors (Lipinski definition) is 8. The van der Waals surface area contributed by atoms with Crippen molar-refractivity contribution >= 4 is 40.2 Å². The Hall–Kier alpha value is -3.92. The molecule has 6 rings (SSSR count). The molecule has 0 saturated carbocycles. The number of hydrogen-bond donors (Lipinski definition) is 2. The lowest BCUT2D eigenvalue weighted by atomic mass is 9.95. The summed E-state index contributed by atoms with van der Waals surface area (Å²) in [6.07, 6.45) is 5.87. The van der Waals surface area contributed by atoms with Gasteiger partial charge in [0.15, 0.2) is 0 Å². The summed E-state index contributed by atoms with van der Waals surface area (Å²) >= 11 is 1.54. The Balaban J connectivity index is 1.29. The SMILES string of the molecule is CC(=O)Oc1cccc2c1CC(c1nc(C3CCN(C(=O)c4ccsc4)CC3)n3ccnc(N)c13)N2. The Morgan fingerprint density at radius 3 is 2.81 bits per heavy atom. The molecule has 1 atom stereocenters. The molecule has 9 nitrogen and oxygen atoms in total. The van der Waals surface area contributed by atoms with E-state index in [9.17, 15) is 9.59 Å². The van der Waals surface area contributed by atoms with Crippen LogP contribution in [0.25, 0.3) is 5.52 Å². The summed E-state index contributed by atoms with van der Waals surface area (Å²) in [6.45, 7) is 2.77. The predicted octanol–water partition coefficient (Wildman–Crippen LogP) is 4.03. The number of nitrogen functional groups attached to an aromatic ring is 1. The van der Waals surface area contributed by atoms with Gasteiger partial charge in [-0.25, -0.2) is 9.97 Å². The van der Waals surface area contributed by atoms with E-state index in [0.29, 0.717) is 31.1 Å². The van der Waals surface area contributed by atoms with Crippen LogP contribution < -0.4 is 15.8 Å². The van der Waals surface area contributed by atoms with Crippen LogP contribution in [0.5, 0.6) is 5.75 Å². The summed E-state index contributed by atoms with van der Waals surface area (Å²) in [5.74, 6) is 1.86. The molecule has 2 aliphatic rings. The predicted molar refractivity (Wildman–Crippen MR) is 137 cm³/mol. The number of nitrogens with two attached hydrogens (primary N) is 1. The molecule has 2 aliphatic heterocycles. The van der Waals surface area contributed by atoms with Crippen molar-refractivity contribution in [3.8, 4) is 5.75 Å². The molecule has 184 valence electrons. The summed E-state index contributed by atoms with van der Waals surface area (Å²) in [6, 6.07) is 7.39. The van der Waals surface area contributed by atoms with E-state index < -0.39 is 0 Å². The Bertz CT molecular complexity index is 1460. The minimum Gasteiger partial charge on any atom is -0.426 e. The minimum atomic E-state index is -0.348. The van der Waals surface area contributed by atoms with E-state index in [2.05, 4.69) is 14.7 Å². The van der Waals surface area contributed by atoms with Crippen molar-refractivity contribution in [2.24, 2.45) is 0 Å². The molecule has 1 amide bonds. The molecule has 0 spiro atoms. The largest absolute Gasteiger partial charge is 0.426 e. The smallest absolute Gasteiger partial charge is 0.308 e. The topological polar surface area (TPSA) is 115 Å². The molecule has 10 heteroatoms. The van der Waals surface area contributed by atoms with Gasteiger partial charge in [0, 0.05) is 61.4 Å². The first kappa shape index (κ1) is 22.5. The third-order valence-corrected chi connectivity index (χ3v) is 7.69. The van der Waals surface area contributed by atoms with Crippen molar-refractivity contribution in [2.75, 3.05) is 24.1 Å². The molecular weight excluding hydrogens is 476 g/mol. The van der Waals surface area contributed by atoms with E-state index in [0.717, 1.165) is 46.7 Å². The van der Waals surface area contributed by atoms with Gasteiger partial charge in [-0.1, -0.05) is 6.07 Å². The normalized spacial score (nSPS) is 17.7. The van der Waals surface area contributed by atoms with Crippen LogP contribution in [0.1, 0.15) is 59.2 Å². The molecule has 0 aliphatic carbocycles. The number of aromatic nitrogens is 3. The van der Waals surface area contributed by atoms with Gasteiger partial charge in [-0.05, 0) is 36.4 Å². The lowest BCUT2D eigenvalue weighted by Crippen LogP contribution is -2.38. The van der Waals surface area contributed by atoms with E-state index in [1.165, 1.54) is 18.3 Å². The number of rotatable bonds is 4. The lowest BCUT2D eigenvalue weighted by Gasteiger charge is -2.31. The second-order valence-electron chi connectivity index (χ2n) is 9.24. The Labute approximate surface area is 211 Å². The third kappa shape index (κ3) is 3.87. The summed E-state index contributed by atoms with van der Waals surface area (Å²) in [7, 11) is 0. The number of nitrogens with zero attached hydrogens (tertiary/aromatic N) is 4. The first-order chi connectivity index (χ1) is 17.5. The standard InChI is InChI=1S/C26H26N6O3S/c1-15(33)35-21-4-2-3-19-18(21)13-20(29-19)22-23-24(27)28-8-11-32(23)25(30-22)16-5-9-31(10-6-16)26(34)17-7-12-36-14-17/h2-4,7-8,11-12,14,16,20,29H,5-6,9-10,13H2,1H3,(H2,27,28). The number of likely N-dealkylation sites (tertiary alicyclic amines) is 1. The molecule has 5 heterocycles. The van der Waals surface area contributed by atoms with Crippen LogP contribution in [0, 0.1) is 0 Å². The Kier molecular flexibility index (Phi) is 5.60. The van der Waals surface area contributed by atoms with Gasteiger partial charge in [0.1, 0.15) is 22.9 Å². The van der Waals surface area contributed by atoms with Crippen molar-refractivity contribution < 1.29 is 14.3 Å². The van der Waals surface area contributed by atoms with E-state index >= 15 is 0 Å². The van der Waals surface area contributed by atoms with Crippen LogP contribution in [0.15, 0.2) is 47.4 Å². The number of nitrogens with one attached hydrogen (secondary N) is 1. The second-order valence-corrected chi connectivity index (χ2v) is 10.0. The average Bonchev–Trinajstić information content (AvgIpc) is 3.62. The van der Waals surface area contributed by atoms with Crippen LogP contribution in [0.4, 0.5) is 11.5 Å². The van der Waals surface area contributed by atoms with E-state index in [1.54, 1.807) is 6.20 Å². The van der Waals surface area contributed by atoms with E-state index in [4.69, 9.17) is 15.5 Å². The number of esters is 1. The molecule has 1 saturated heterocycles. The van der Waals surface area contributed by atoms with Gasteiger partial charge in [0.05, 0.1) is 17.3 Å². The number of ether oxygens (including phenoxy) is 1. The number of anilines is 2. The average molecular weight is 503 g/mol. The van der Waals surface area contributed by atoms with Crippen LogP contribution in [0.3, 0.4) is 0 Å². The lowest BCUT2D eigenvalue weighted by molar-refractivity contribution is -0.131. The minimum absolute atomic E-state index is 0.0910. The molecule has 3 N–H and O–H groups in total. The van der Waals surface area contributed by atoms with Crippen molar-refractivity contribution in [3.63, 3.8) is 0 Å². The molecule has 0 radical (unpaired) electrons. The van der Waals surface area contributed by atoms with Gasteiger partial charge in [0.25, 0.3) is 5.91 Å². The number of fused-ring (bicyclic) bond motifs is 2. The fourth-order valence-electron chi connectivity index (χ4n) is 5.33. The van der Waals surface area contributed by atoms with Gasteiger partial charge in [-0.3, -0.25) is 14.0 Å². The first-order valence-corrected chi connectivity index (χ1v) is 12.9. The van der Waals surface area contributed by atoms with Gasteiger partial charge in [0.2, 0.25) is 0 Å². The fraction of sp³-hybridized carbons (Fsp3) is 0.308. The zero-order valence-electron chi connectivity index (χ0n) is 19.8. The van der Waals surface area contributed by atoms with Gasteiger partial charge >= 0.3 is 5.97 Å². The van der Waals surface area contributed by atoms with Gasteiger partial charge < -0.3 is 20.7 Å². The summed E-state index contributed by atoms with van der Waals surface area (Å²) < 4.78 is 7.49. The van der Waals surface area contributed by atoms with E-state index in [-0.39, 0.29) is 23.8 Å². The highest BCUT2D eigenvalue weighted by Gasteiger charge is 2.33. The highest BCUT2D eigenvalue weighted by molar-refractivity contribution is 7.08. The Morgan fingerprint density at radius 2 is 2.06 bits per heavy atom. The molecule has 3 aromatic heterocycles. The number of thiophene rings is 1. The zero-order chi connectivity index (χ0) is 24.8. The molecule has 1 aromatic carbocycles. The summed E-state index contributed by atoms with van der Waals surface area (Å²) in [5.41, 5.74) is 10.6. The highest BCUT2D eigenvalue weighted by Crippen LogP contribution is 2.42. The maximum Gasteiger partial charge on any atom is 0.308 e. The van der Waals surface area contributed by atoms with Crippen LogP contribution in [-0.4, -0.2) is 44.2 Å². The van der Waals surface area contributed by atoms with Crippen LogP contribution in [0.2, 0.25) is 0 Å². The van der Waals surface area contributed by atoms with Crippen molar-refractivity contribution in [3.05, 3.63) is 70.1 Å². The van der Waals surface area contributed by atoms with Crippen molar-refractivity contribution in [1.29, 1.82) is 0 Å². The molecule has 0 bridgehead atoms. The van der Waals surface area contributed by atoms with Crippen molar-refractivity contribution in [2.45, 2.75) is 38.1 Å². The molecule has 1 fully saturated rings. The summed E-state index contributed by atoms with van der Waals surface area (Å²) in [4.78, 5) is 35.8. The molecular formula is C26H26N6O3S. The quantitative estimate of drug-likeness (QED) is 0.320. The number of amides is 1. The summed E-state index contributed by atoms with van der Waals surface area (Å²) in [5, 5.41) is 7.37. The third-order valence-electron chi connectivity index (χ3n) is 7.01. The highest BCUT2D eigenvalue weighted by atomic mass is 32.1. The van der Waals surface area contributed by atoms with Crippen LogP contribution >= 0.6 is 11.3 Å². The number of imidazole rings is 1. The molecule has 36 heavy (non-hydrogen) atoms. The molecule has 1 unspecified atom stereocenters. The fourth-order valence-corrected chi connectivity index (χ4v) is 5.96. The van der Waals surface area contributed by atoms with Crippen LogP contribution in [-0.2, 0) is 11.2 Å². The number of carbonyl (C=O) groups excluding carboxylic acids is 2. The monoisotopic (exact) mass is 502 g/mol. The number of carbonyl (C=O) groups is 2. The Morgan fingerprint density at radius 1 is 1.22 bits per heavy atom. The van der Waals surface area contributed by atoms with Gasteiger partial charge in [-0.15, -0.1) is 0 Å². The molecule has 4 aromatic rings. The van der Waals surface area contributed by atoms with Crippen molar-refractivity contribution in [1.82, 2.24) is 19.3 Å². The maximum atomic E-state index is 12.8. The first-order valence-electron chi connectivity index (χ1n) is 12.0. The number of piperidine rings is 1. The van der Waals surface area contributed by atoms with Gasteiger partial charge in [-0.2, -0.15) is 11.3 Å².